The van der Waals surface area contributed by atoms with Gasteiger partial charge in [-0.2, -0.15) is 0 Å². The summed E-state index contributed by atoms with van der Waals surface area (Å²) in [6, 6.07) is 35.9. The van der Waals surface area contributed by atoms with Gasteiger partial charge in [0.25, 0.3) is 5.91 Å². The molecule has 58 heavy (non-hydrogen) atoms. The standard InChI is InChI=1S/C48H53NO9/c1-5-53-29-30-55-43(33-38-21-13-8-14-22-38)47(52)46(42(32-37-19-11-7-12-20-37)57-35-45(51)58-48(2,3)4)40-24-16-15-23-39(40)41(31-36-17-9-6-10-18-36)56-34-44(50)49-25-27-54-28-26-49/h6-24,31-33,52H,5,25-30,34-35H2,1-4H3. The maximum absolute atomic E-state index is 13.4. The van der Waals surface area contributed by atoms with Gasteiger partial charge in [0.05, 0.1) is 25.4 Å². The van der Waals surface area contributed by atoms with Gasteiger partial charge in [-0.3, -0.25) is 4.79 Å². The number of nitrogens with zero attached hydrogens (tertiary/aromatic N) is 1. The second-order valence-electron chi connectivity index (χ2n) is 14.2. The highest BCUT2D eigenvalue weighted by Crippen LogP contribution is 2.37. The summed E-state index contributed by atoms with van der Waals surface area (Å²) in [5.74, 6) is -0.403. The Morgan fingerprint density at radius 3 is 1.78 bits per heavy atom. The highest BCUT2D eigenvalue weighted by Gasteiger charge is 2.27. The molecule has 10 heteroatoms. The van der Waals surface area contributed by atoms with Gasteiger partial charge in [-0.25, -0.2) is 4.79 Å². The molecule has 0 radical (unpaired) electrons. The fraction of sp³-hybridized carbons (Fsp3) is 0.292. The van der Waals surface area contributed by atoms with Crippen LogP contribution in [-0.4, -0.2) is 86.8 Å². The van der Waals surface area contributed by atoms with Crippen LogP contribution in [-0.2, 0) is 38.0 Å². The summed E-state index contributed by atoms with van der Waals surface area (Å²) in [5, 5.41) is 12.7. The number of hydrogen-bond acceptors (Lipinski definition) is 9. The summed E-state index contributed by atoms with van der Waals surface area (Å²) in [4.78, 5) is 28.4. The number of allylic oxidation sites excluding steroid dienone is 1. The number of rotatable bonds is 18. The van der Waals surface area contributed by atoms with Gasteiger partial charge >= 0.3 is 5.97 Å². The van der Waals surface area contributed by atoms with Crippen molar-refractivity contribution >= 4 is 41.4 Å². The molecule has 0 saturated carbocycles. The Kier molecular flexibility index (Phi) is 16.3. The van der Waals surface area contributed by atoms with E-state index in [2.05, 4.69) is 0 Å². The molecule has 1 N–H and O–H groups in total. The van der Waals surface area contributed by atoms with Crippen molar-refractivity contribution in [3.05, 3.63) is 160 Å². The van der Waals surface area contributed by atoms with Crippen molar-refractivity contribution in [2.24, 2.45) is 0 Å². The van der Waals surface area contributed by atoms with E-state index in [0.29, 0.717) is 49.8 Å². The van der Waals surface area contributed by atoms with E-state index in [0.717, 1.165) is 16.7 Å². The molecule has 10 nitrogen and oxygen atoms in total. The first-order valence-electron chi connectivity index (χ1n) is 19.5. The molecule has 1 aliphatic rings. The van der Waals surface area contributed by atoms with E-state index in [1.807, 2.05) is 128 Å². The predicted molar refractivity (Wildman–Crippen MR) is 227 cm³/mol. The second-order valence-corrected chi connectivity index (χ2v) is 14.2. The number of carbonyl (C=O) groups excluding carboxylic acids is 2. The van der Waals surface area contributed by atoms with Gasteiger partial charge in [-0.15, -0.1) is 0 Å². The zero-order valence-corrected chi connectivity index (χ0v) is 33.7. The molecule has 5 rings (SSSR count). The zero-order valence-electron chi connectivity index (χ0n) is 33.7. The van der Waals surface area contributed by atoms with Crippen LogP contribution in [0, 0.1) is 0 Å². The highest BCUT2D eigenvalue weighted by atomic mass is 16.6. The minimum absolute atomic E-state index is 0.132. The summed E-state index contributed by atoms with van der Waals surface area (Å²) in [6.45, 7) is 9.30. The Labute approximate surface area is 341 Å². The van der Waals surface area contributed by atoms with Gasteiger partial charge < -0.3 is 38.4 Å². The van der Waals surface area contributed by atoms with Gasteiger partial charge in [0.15, 0.2) is 24.7 Å². The second kappa shape index (κ2) is 22.0. The average molecular weight is 788 g/mol. The molecule has 0 aromatic heterocycles. The number of ether oxygens (including phenoxy) is 6. The van der Waals surface area contributed by atoms with E-state index in [1.54, 1.807) is 37.8 Å². The SMILES string of the molecule is CCOCCOC(=Cc1ccccc1)C(O)=C(C(=Cc1ccccc1)OCC(=O)OC(C)(C)C)c1ccccc1C(=Cc1ccccc1)OCC(=O)N1CCOCC1. The van der Waals surface area contributed by atoms with Crippen molar-refractivity contribution < 1.29 is 43.1 Å². The van der Waals surface area contributed by atoms with Gasteiger partial charge in [0.1, 0.15) is 23.7 Å². The Hall–Kier alpha value is -6.10. The molecule has 1 amide bonds. The summed E-state index contributed by atoms with van der Waals surface area (Å²) in [6.07, 6.45) is 5.33. The number of hydrogen-bond donors (Lipinski definition) is 1. The molecular formula is C48H53NO9. The molecule has 0 aliphatic carbocycles. The van der Waals surface area contributed by atoms with E-state index >= 15 is 0 Å². The molecule has 0 spiro atoms. The summed E-state index contributed by atoms with van der Waals surface area (Å²) < 4.78 is 35.8. The fourth-order valence-electron chi connectivity index (χ4n) is 5.99. The average Bonchev–Trinajstić information content (AvgIpc) is 3.23. The van der Waals surface area contributed by atoms with Crippen molar-refractivity contribution in [1.82, 2.24) is 4.90 Å². The van der Waals surface area contributed by atoms with Crippen molar-refractivity contribution in [3.8, 4) is 0 Å². The fourth-order valence-corrected chi connectivity index (χ4v) is 5.99. The van der Waals surface area contributed by atoms with E-state index in [4.69, 9.17) is 28.4 Å². The Bertz CT molecular complexity index is 2040. The minimum atomic E-state index is -0.760. The Morgan fingerprint density at radius 2 is 1.21 bits per heavy atom. The molecule has 304 valence electrons. The lowest BCUT2D eigenvalue weighted by Gasteiger charge is -2.27. The van der Waals surface area contributed by atoms with Crippen LogP contribution in [0.5, 0.6) is 0 Å². The van der Waals surface area contributed by atoms with Crippen LogP contribution in [0.4, 0.5) is 0 Å². The molecular weight excluding hydrogens is 735 g/mol. The predicted octanol–water partition coefficient (Wildman–Crippen LogP) is 8.82. The van der Waals surface area contributed by atoms with Crippen LogP contribution in [0.2, 0.25) is 0 Å². The van der Waals surface area contributed by atoms with Crippen LogP contribution >= 0.6 is 0 Å². The lowest BCUT2D eigenvalue weighted by Crippen LogP contribution is -2.42. The lowest BCUT2D eigenvalue weighted by molar-refractivity contribution is -0.158. The normalized spacial score (nSPS) is 14.3. The number of esters is 1. The van der Waals surface area contributed by atoms with Gasteiger partial charge in [0.2, 0.25) is 0 Å². The first-order chi connectivity index (χ1) is 28.1. The molecule has 4 aromatic rings. The molecule has 1 aliphatic heterocycles. The van der Waals surface area contributed by atoms with Crippen LogP contribution in [0.25, 0.3) is 29.6 Å². The Balaban J connectivity index is 1.74. The molecule has 1 saturated heterocycles. The summed E-state index contributed by atoms with van der Waals surface area (Å²) in [7, 11) is 0. The van der Waals surface area contributed by atoms with Gasteiger partial charge in [-0.1, -0.05) is 115 Å². The van der Waals surface area contributed by atoms with Gasteiger partial charge in [0, 0.05) is 30.8 Å². The number of aliphatic hydroxyl groups is 1. The number of benzene rings is 4. The largest absolute Gasteiger partial charge is 0.504 e. The molecule has 0 bridgehead atoms. The van der Waals surface area contributed by atoms with Crippen LogP contribution < -0.4 is 0 Å². The molecule has 0 atom stereocenters. The molecule has 0 unspecified atom stereocenters. The van der Waals surface area contributed by atoms with Crippen molar-refractivity contribution in [2.45, 2.75) is 33.3 Å². The third-order valence-corrected chi connectivity index (χ3v) is 8.64. The number of amides is 1. The molecule has 1 heterocycles. The number of aliphatic hydroxyl groups excluding tert-OH is 1. The van der Waals surface area contributed by atoms with Crippen molar-refractivity contribution in [3.63, 3.8) is 0 Å². The quantitative estimate of drug-likeness (QED) is 0.0348. The van der Waals surface area contributed by atoms with Gasteiger partial charge in [-0.05, 0) is 62.6 Å². The monoisotopic (exact) mass is 787 g/mol. The van der Waals surface area contributed by atoms with E-state index in [-0.39, 0.29) is 48.6 Å². The van der Waals surface area contributed by atoms with E-state index < -0.39 is 18.2 Å². The van der Waals surface area contributed by atoms with Crippen LogP contribution in [0.3, 0.4) is 0 Å². The molecule has 1 fully saturated rings. The topological polar surface area (TPSA) is 113 Å². The maximum atomic E-state index is 13.4. The first-order valence-corrected chi connectivity index (χ1v) is 19.5. The summed E-state index contributed by atoms with van der Waals surface area (Å²) in [5.41, 5.74) is 2.78. The van der Waals surface area contributed by atoms with Crippen molar-refractivity contribution in [2.75, 3.05) is 59.3 Å². The van der Waals surface area contributed by atoms with E-state index in [1.165, 1.54) is 0 Å². The molecule has 4 aromatic carbocycles. The maximum Gasteiger partial charge on any atom is 0.344 e. The number of carbonyl (C=O) groups is 2. The zero-order chi connectivity index (χ0) is 41.2. The Morgan fingerprint density at radius 1 is 0.672 bits per heavy atom. The van der Waals surface area contributed by atoms with Crippen LogP contribution in [0.1, 0.15) is 55.5 Å². The smallest absolute Gasteiger partial charge is 0.344 e. The van der Waals surface area contributed by atoms with E-state index in [9.17, 15) is 14.7 Å². The number of morpholine rings is 1. The minimum Gasteiger partial charge on any atom is -0.504 e. The third kappa shape index (κ3) is 13.5. The van der Waals surface area contributed by atoms with Crippen molar-refractivity contribution in [1.29, 1.82) is 0 Å². The third-order valence-electron chi connectivity index (χ3n) is 8.64. The highest BCUT2D eigenvalue weighted by molar-refractivity contribution is 5.93. The lowest BCUT2D eigenvalue weighted by atomic mass is 9.93. The summed E-state index contributed by atoms with van der Waals surface area (Å²) >= 11 is 0. The van der Waals surface area contributed by atoms with Crippen LogP contribution in [0.15, 0.2) is 133 Å². The first kappa shape index (κ1) is 43.0.